The third kappa shape index (κ3) is 4.54. The van der Waals surface area contributed by atoms with Crippen molar-refractivity contribution < 1.29 is 9.53 Å². The van der Waals surface area contributed by atoms with Crippen LogP contribution in [0.5, 0.6) is 5.75 Å². The van der Waals surface area contributed by atoms with E-state index >= 15 is 0 Å². The Morgan fingerprint density at radius 3 is 2.46 bits per heavy atom. The largest absolute Gasteiger partial charge is 0.492 e. The van der Waals surface area contributed by atoms with Crippen molar-refractivity contribution in [3.63, 3.8) is 0 Å². The Bertz CT molecular complexity index is 1180. The Morgan fingerprint density at radius 2 is 1.74 bits per heavy atom. The van der Waals surface area contributed by atoms with Gasteiger partial charge in [-0.2, -0.15) is 5.10 Å². The predicted molar refractivity (Wildman–Crippen MR) is 139 cm³/mol. The molecular formula is C27H36N6O2. The van der Waals surface area contributed by atoms with E-state index in [1.165, 1.54) is 5.39 Å². The lowest BCUT2D eigenvalue weighted by Gasteiger charge is -2.40. The van der Waals surface area contributed by atoms with Gasteiger partial charge in [-0.05, 0) is 51.8 Å². The highest BCUT2D eigenvalue weighted by Crippen LogP contribution is 2.32. The molecule has 2 aliphatic rings. The summed E-state index contributed by atoms with van der Waals surface area (Å²) >= 11 is 0. The molecule has 2 aromatic heterocycles. The number of pyridine rings is 1. The fourth-order valence-electron chi connectivity index (χ4n) is 5.49. The van der Waals surface area contributed by atoms with Crippen molar-refractivity contribution in [2.24, 2.45) is 5.92 Å². The van der Waals surface area contributed by atoms with Crippen molar-refractivity contribution in [2.45, 2.75) is 40.2 Å². The summed E-state index contributed by atoms with van der Waals surface area (Å²) in [7, 11) is 0. The minimum atomic E-state index is 0.0885. The summed E-state index contributed by atoms with van der Waals surface area (Å²) in [6, 6.07) is 10.2. The van der Waals surface area contributed by atoms with Crippen molar-refractivity contribution in [3.05, 3.63) is 42.2 Å². The van der Waals surface area contributed by atoms with Crippen LogP contribution >= 0.6 is 0 Å². The van der Waals surface area contributed by atoms with Gasteiger partial charge in [0.1, 0.15) is 11.3 Å². The molecular weight excluding hydrogens is 440 g/mol. The first kappa shape index (κ1) is 23.5. The molecule has 0 spiro atoms. The average Bonchev–Trinajstić information content (AvgIpc) is 3.25. The van der Waals surface area contributed by atoms with E-state index in [-0.39, 0.29) is 5.92 Å². The molecule has 35 heavy (non-hydrogen) atoms. The highest BCUT2D eigenvalue weighted by Gasteiger charge is 2.32. The average molecular weight is 477 g/mol. The highest BCUT2D eigenvalue weighted by molar-refractivity contribution is 5.91. The van der Waals surface area contributed by atoms with Crippen molar-refractivity contribution in [1.82, 2.24) is 19.7 Å². The summed E-state index contributed by atoms with van der Waals surface area (Å²) in [6.45, 7) is 12.5. The third-order valence-corrected chi connectivity index (χ3v) is 7.36. The monoisotopic (exact) mass is 476 g/mol. The zero-order chi connectivity index (χ0) is 24.4. The summed E-state index contributed by atoms with van der Waals surface area (Å²) < 4.78 is 7.86. The fraction of sp³-hybridized carbons (Fsp3) is 0.519. The van der Waals surface area contributed by atoms with Crippen LogP contribution in [0.4, 0.5) is 11.5 Å². The molecule has 0 radical (unpaired) electrons. The molecule has 0 atom stereocenters. The predicted octanol–water partition coefficient (Wildman–Crippen LogP) is 3.72. The number of ether oxygens (including phenoxy) is 1. The van der Waals surface area contributed by atoms with Crippen LogP contribution in [-0.4, -0.2) is 71.4 Å². The lowest BCUT2D eigenvalue weighted by Crippen LogP contribution is -2.51. The number of benzene rings is 1. The number of carbonyl (C=O) groups excluding carboxylic acids is 1. The number of hydrogen-bond donors (Lipinski definition) is 0. The molecule has 4 heterocycles. The molecule has 0 saturated carbocycles. The first-order chi connectivity index (χ1) is 17.1. The zero-order valence-electron chi connectivity index (χ0n) is 21.1. The van der Waals surface area contributed by atoms with Gasteiger partial charge in [0.2, 0.25) is 5.91 Å². The van der Waals surface area contributed by atoms with Crippen LogP contribution in [0.3, 0.4) is 0 Å². The lowest BCUT2D eigenvalue weighted by atomic mass is 9.94. The number of piperidine rings is 1. The van der Waals surface area contributed by atoms with Crippen molar-refractivity contribution >= 4 is 28.3 Å². The van der Waals surface area contributed by atoms with Crippen LogP contribution in [0.25, 0.3) is 10.9 Å². The molecule has 5 rings (SSSR count). The Morgan fingerprint density at radius 1 is 1.00 bits per heavy atom. The first-order valence-corrected chi connectivity index (χ1v) is 12.9. The number of amides is 1. The van der Waals surface area contributed by atoms with Gasteiger partial charge >= 0.3 is 0 Å². The number of rotatable bonds is 6. The number of aryl methyl sites for hydroxylation is 2. The molecule has 1 amide bonds. The Labute approximate surface area is 207 Å². The second kappa shape index (κ2) is 10.1. The van der Waals surface area contributed by atoms with Crippen LogP contribution in [0.1, 0.15) is 32.4 Å². The molecule has 0 unspecified atom stereocenters. The second-order valence-electron chi connectivity index (χ2n) is 9.41. The summed E-state index contributed by atoms with van der Waals surface area (Å²) in [5.41, 5.74) is 3.28. The van der Waals surface area contributed by atoms with Crippen molar-refractivity contribution in [2.75, 3.05) is 55.7 Å². The number of hydrogen-bond acceptors (Lipinski definition) is 6. The number of carbonyl (C=O) groups is 1. The van der Waals surface area contributed by atoms with Gasteiger partial charge in [0.05, 0.1) is 18.0 Å². The van der Waals surface area contributed by atoms with Gasteiger partial charge in [-0.1, -0.05) is 12.1 Å². The number of aromatic nitrogens is 3. The maximum Gasteiger partial charge on any atom is 0.225 e. The standard InChI is InChI=1S/C27H36N6O2/c1-4-33-25-22(20(3)29-33)10-13-28-26(25)31-14-11-21(12-15-31)27(34)32-18-16-30(17-19-32)23-8-6-7-9-24(23)35-5-2/h6-10,13,21H,4-5,11-12,14-19H2,1-3H3. The number of fused-ring (bicyclic) bond motifs is 1. The molecule has 2 fully saturated rings. The molecule has 1 aromatic carbocycles. The number of nitrogens with zero attached hydrogens (tertiary/aromatic N) is 6. The quantitative estimate of drug-likeness (QED) is 0.540. The Kier molecular flexibility index (Phi) is 6.79. The SMILES string of the molecule is CCOc1ccccc1N1CCN(C(=O)C2CCN(c3nccc4c(C)nn(CC)c34)CC2)CC1. The molecule has 186 valence electrons. The van der Waals surface area contributed by atoms with E-state index in [0.717, 1.165) is 87.1 Å². The van der Waals surface area contributed by atoms with Crippen LogP contribution < -0.4 is 14.5 Å². The van der Waals surface area contributed by atoms with Gasteiger partial charge in [0.25, 0.3) is 0 Å². The molecule has 0 aliphatic carbocycles. The van der Waals surface area contributed by atoms with Gasteiger partial charge < -0.3 is 19.4 Å². The summed E-state index contributed by atoms with van der Waals surface area (Å²) in [6.07, 6.45) is 3.61. The van der Waals surface area contributed by atoms with Crippen molar-refractivity contribution in [1.29, 1.82) is 0 Å². The van der Waals surface area contributed by atoms with E-state index in [1.54, 1.807) is 0 Å². The molecule has 0 bridgehead atoms. The lowest BCUT2D eigenvalue weighted by molar-refractivity contribution is -0.136. The Balaban J connectivity index is 1.20. The van der Waals surface area contributed by atoms with Gasteiger partial charge in [0, 0.05) is 63.3 Å². The summed E-state index contributed by atoms with van der Waals surface area (Å²) in [5.74, 6) is 2.32. The maximum absolute atomic E-state index is 13.4. The van der Waals surface area contributed by atoms with Crippen molar-refractivity contribution in [3.8, 4) is 5.75 Å². The molecule has 8 heteroatoms. The number of para-hydroxylation sites is 2. The summed E-state index contributed by atoms with van der Waals surface area (Å²) in [4.78, 5) is 24.8. The van der Waals surface area contributed by atoms with E-state index in [4.69, 9.17) is 9.72 Å². The molecule has 3 aromatic rings. The van der Waals surface area contributed by atoms with Gasteiger partial charge in [-0.15, -0.1) is 0 Å². The summed E-state index contributed by atoms with van der Waals surface area (Å²) in [5, 5.41) is 5.85. The smallest absolute Gasteiger partial charge is 0.225 e. The molecule has 2 saturated heterocycles. The van der Waals surface area contributed by atoms with E-state index < -0.39 is 0 Å². The minimum absolute atomic E-state index is 0.0885. The van der Waals surface area contributed by atoms with Crippen LogP contribution in [0, 0.1) is 12.8 Å². The fourth-order valence-corrected chi connectivity index (χ4v) is 5.49. The van der Waals surface area contributed by atoms with Gasteiger partial charge in [-0.25, -0.2) is 4.98 Å². The van der Waals surface area contributed by atoms with Crippen LogP contribution in [0.2, 0.25) is 0 Å². The molecule has 2 aliphatic heterocycles. The van der Waals surface area contributed by atoms with E-state index in [1.807, 2.05) is 36.0 Å². The van der Waals surface area contributed by atoms with Crippen LogP contribution in [-0.2, 0) is 11.3 Å². The normalized spacial score (nSPS) is 17.3. The zero-order valence-corrected chi connectivity index (χ0v) is 21.1. The van der Waals surface area contributed by atoms with E-state index in [9.17, 15) is 4.79 Å². The highest BCUT2D eigenvalue weighted by atomic mass is 16.5. The van der Waals surface area contributed by atoms with E-state index in [0.29, 0.717) is 12.5 Å². The topological polar surface area (TPSA) is 66.7 Å². The third-order valence-electron chi connectivity index (χ3n) is 7.36. The van der Waals surface area contributed by atoms with E-state index in [2.05, 4.69) is 45.8 Å². The Hall–Kier alpha value is -3.29. The van der Waals surface area contributed by atoms with Gasteiger partial charge in [-0.3, -0.25) is 9.48 Å². The number of piperazine rings is 1. The van der Waals surface area contributed by atoms with Crippen LogP contribution in [0.15, 0.2) is 36.5 Å². The molecule has 0 N–H and O–H groups in total. The van der Waals surface area contributed by atoms with Gasteiger partial charge in [0.15, 0.2) is 5.82 Å². The minimum Gasteiger partial charge on any atom is -0.492 e. The second-order valence-corrected chi connectivity index (χ2v) is 9.41. The maximum atomic E-state index is 13.4. The first-order valence-electron chi connectivity index (χ1n) is 12.9. The number of anilines is 2. The molecule has 8 nitrogen and oxygen atoms in total.